The molecule has 0 radical (unpaired) electrons. The number of anilines is 1. The van der Waals surface area contributed by atoms with E-state index in [-0.39, 0.29) is 12.2 Å². The highest BCUT2D eigenvalue weighted by Crippen LogP contribution is 2.35. The molecule has 0 spiro atoms. The van der Waals surface area contributed by atoms with E-state index in [1.54, 1.807) is 25.1 Å². The largest absolute Gasteiger partial charge is 0.449 e. The predicted octanol–water partition coefficient (Wildman–Crippen LogP) is 3.77. The average molecular weight is 363 g/mol. The highest BCUT2D eigenvalue weighted by atomic mass is 19.4. The molecule has 0 saturated carbocycles. The SMILES string of the molecule is Cc1cccc(-c2cc(C(F)(F)F)c(N)c(=O)n2Cc2coc(C)n2)c1. The molecule has 8 heteroatoms. The van der Waals surface area contributed by atoms with Gasteiger partial charge in [0.05, 0.1) is 23.5 Å². The third-order valence-corrected chi connectivity index (χ3v) is 3.94. The molecule has 136 valence electrons. The average Bonchev–Trinajstić information content (AvgIpc) is 2.96. The van der Waals surface area contributed by atoms with Crippen LogP contribution >= 0.6 is 0 Å². The Labute approximate surface area is 146 Å². The maximum atomic E-state index is 13.3. The van der Waals surface area contributed by atoms with Crippen molar-refractivity contribution in [3.8, 4) is 11.3 Å². The summed E-state index contributed by atoms with van der Waals surface area (Å²) in [6.45, 7) is 3.39. The molecule has 2 aromatic heterocycles. The van der Waals surface area contributed by atoms with Crippen LogP contribution in [0.1, 0.15) is 22.7 Å². The Morgan fingerprint density at radius 1 is 1.23 bits per heavy atom. The smallest absolute Gasteiger partial charge is 0.418 e. The molecule has 1 aromatic carbocycles. The number of nitrogen functional groups attached to an aromatic ring is 1. The Bertz CT molecular complexity index is 1020. The number of benzene rings is 1. The molecule has 0 atom stereocenters. The van der Waals surface area contributed by atoms with E-state index in [1.165, 1.54) is 10.8 Å². The maximum absolute atomic E-state index is 13.3. The molecule has 26 heavy (non-hydrogen) atoms. The van der Waals surface area contributed by atoms with Crippen LogP contribution < -0.4 is 11.3 Å². The Balaban J connectivity index is 2.27. The predicted molar refractivity (Wildman–Crippen MR) is 90.6 cm³/mol. The van der Waals surface area contributed by atoms with E-state index in [9.17, 15) is 18.0 Å². The number of nitrogens with zero attached hydrogens (tertiary/aromatic N) is 2. The van der Waals surface area contributed by atoms with Gasteiger partial charge >= 0.3 is 6.18 Å². The quantitative estimate of drug-likeness (QED) is 0.769. The second-order valence-electron chi connectivity index (χ2n) is 5.97. The lowest BCUT2D eigenvalue weighted by Crippen LogP contribution is -2.28. The molecule has 0 aliphatic rings. The van der Waals surface area contributed by atoms with Crippen molar-refractivity contribution < 1.29 is 17.6 Å². The van der Waals surface area contributed by atoms with Crippen molar-refractivity contribution in [1.29, 1.82) is 0 Å². The third-order valence-electron chi connectivity index (χ3n) is 3.94. The van der Waals surface area contributed by atoms with Crippen LogP contribution in [0.3, 0.4) is 0 Å². The zero-order valence-electron chi connectivity index (χ0n) is 14.1. The van der Waals surface area contributed by atoms with E-state index in [0.717, 1.165) is 11.6 Å². The molecule has 2 N–H and O–H groups in total. The number of hydrogen-bond acceptors (Lipinski definition) is 4. The Morgan fingerprint density at radius 2 is 1.96 bits per heavy atom. The molecule has 0 saturated heterocycles. The fourth-order valence-corrected chi connectivity index (χ4v) is 2.74. The first-order valence-electron chi connectivity index (χ1n) is 7.75. The summed E-state index contributed by atoms with van der Waals surface area (Å²) >= 11 is 0. The summed E-state index contributed by atoms with van der Waals surface area (Å²) in [6.07, 6.45) is -3.37. The van der Waals surface area contributed by atoms with Gasteiger partial charge in [-0.2, -0.15) is 13.2 Å². The van der Waals surface area contributed by atoms with Crippen molar-refractivity contribution in [2.24, 2.45) is 0 Å². The zero-order chi connectivity index (χ0) is 19.1. The third kappa shape index (κ3) is 3.35. The van der Waals surface area contributed by atoms with Crippen LogP contribution in [-0.4, -0.2) is 9.55 Å². The summed E-state index contributed by atoms with van der Waals surface area (Å²) in [5, 5.41) is 0. The Hall–Kier alpha value is -3.03. The minimum absolute atomic E-state index is 0.0538. The first kappa shape index (κ1) is 17.8. The van der Waals surface area contributed by atoms with Crippen LogP contribution in [0.5, 0.6) is 0 Å². The minimum atomic E-state index is -4.73. The molecule has 0 unspecified atom stereocenters. The van der Waals surface area contributed by atoms with Gasteiger partial charge in [0.25, 0.3) is 5.56 Å². The molecule has 0 aliphatic carbocycles. The molecular formula is C18H16F3N3O2. The van der Waals surface area contributed by atoms with Gasteiger partial charge in [0.1, 0.15) is 12.0 Å². The van der Waals surface area contributed by atoms with Crippen molar-refractivity contribution >= 4 is 5.69 Å². The van der Waals surface area contributed by atoms with Crippen molar-refractivity contribution in [3.63, 3.8) is 0 Å². The number of aryl methyl sites for hydroxylation is 2. The number of alkyl halides is 3. The standard InChI is InChI=1S/C18H16F3N3O2/c1-10-4-3-5-12(6-10)15-7-14(18(19,20)21)16(22)17(25)24(15)8-13-9-26-11(2)23-13/h3-7,9H,8,22H2,1-2H3. The van der Waals surface area contributed by atoms with Crippen LogP contribution in [-0.2, 0) is 12.7 Å². The molecule has 5 nitrogen and oxygen atoms in total. The van der Waals surface area contributed by atoms with E-state index >= 15 is 0 Å². The van der Waals surface area contributed by atoms with Crippen molar-refractivity contribution in [3.05, 3.63) is 69.7 Å². The van der Waals surface area contributed by atoms with Crippen molar-refractivity contribution in [2.75, 3.05) is 5.73 Å². The fourth-order valence-electron chi connectivity index (χ4n) is 2.74. The lowest BCUT2D eigenvalue weighted by atomic mass is 10.0. The van der Waals surface area contributed by atoms with Gasteiger partial charge in [-0.3, -0.25) is 4.79 Å². The lowest BCUT2D eigenvalue weighted by molar-refractivity contribution is -0.137. The van der Waals surface area contributed by atoms with Gasteiger partial charge in [-0.1, -0.05) is 23.8 Å². The number of rotatable bonds is 3. The Kier molecular flexibility index (Phi) is 4.35. The fraction of sp³-hybridized carbons (Fsp3) is 0.222. The molecule has 0 fully saturated rings. The van der Waals surface area contributed by atoms with E-state index < -0.39 is 23.0 Å². The van der Waals surface area contributed by atoms with Gasteiger partial charge in [0.15, 0.2) is 5.89 Å². The second-order valence-corrected chi connectivity index (χ2v) is 5.97. The van der Waals surface area contributed by atoms with E-state index in [4.69, 9.17) is 10.2 Å². The molecule has 0 amide bonds. The van der Waals surface area contributed by atoms with Gasteiger partial charge < -0.3 is 14.7 Å². The molecule has 0 bridgehead atoms. The number of pyridine rings is 1. The summed E-state index contributed by atoms with van der Waals surface area (Å²) in [7, 11) is 0. The summed E-state index contributed by atoms with van der Waals surface area (Å²) < 4.78 is 46.2. The highest BCUT2D eigenvalue weighted by Gasteiger charge is 2.35. The van der Waals surface area contributed by atoms with Crippen LogP contribution in [0, 0.1) is 13.8 Å². The van der Waals surface area contributed by atoms with Crippen LogP contribution in [0.4, 0.5) is 18.9 Å². The second kappa shape index (κ2) is 6.36. The zero-order valence-corrected chi connectivity index (χ0v) is 14.1. The number of nitrogens with two attached hydrogens (primary N) is 1. The van der Waals surface area contributed by atoms with Crippen LogP contribution in [0.25, 0.3) is 11.3 Å². The molecule has 3 aromatic rings. The van der Waals surface area contributed by atoms with Gasteiger partial charge in [0, 0.05) is 6.92 Å². The monoisotopic (exact) mass is 363 g/mol. The summed E-state index contributed by atoms with van der Waals surface area (Å²) in [5.41, 5.74) is 4.46. The van der Waals surface area contributed by atoms with Gasteiger partial charge in [-0.05, 0) is 24.6 Å². The summed E-state index contributed by atoms with van der Waals surface area (Å²) in [6, 6.07) is 7.77. The number of hydrogen-bond donors (Lipinski definition) is 1. The van der Waals surface area contributed by atoms with E-state index in [1.807, 2.05) is 13.0 Å². The molecule has 3 rings (SSSR count). The molecular weight excluding hydrogens is 347 g/mol. The first-order valence-corrected chi connectivity index (χ1v) is 7.75. The normalized spacial score (nSPS) is 11.7. The van der Waals surface area contributed by atoms with Gasteiger partial charge in [-0.25, -0.2) is 4.98 Å². The number of halogens is 3. The van der Waals surface area contributed by atoms with Crippen molar-refractivity contribution in [2.45, 2.75) is 26.6 Å². The van der Waals surface area contributed by atoms with Gasteiger partial charge in [0.2, 0.25) is 0 Å². The topological polar surface area (TPSA) is 74.1 Å². The molecule has 0 aliphatic heterocycles. The molecule has 2 heterocycles. The Morgan fingerprint density at radius 3 is 2.54 bits per heavy atom. The minimum Gasteiger partial charge on any atom is -0.449 e. The lowest BCUT2D eigenvalue weighted by Gasteiger charge is -2.17. The van der Waals surface area contributed by atoms with Crippen molar-refractivity contribution in [1.82, 2.24) is 9.55 Å². The highest BCUT2D eigenvalue weighted by molar-refractivity contribution is 5.65. The number of aromatic nitrogens is 2. The van der Waals surface area contributed by atoms with E-state index in [2.05, 4.69) is 4.98 Å². The summed E-state index contributed by atoms with van der Waals surface area (Å²) in [5.74, 6) is 0.394. The van der Waals surface area contributed by atoms with Crippen LogP contribution in [0.15, 0.2) is 45.8 Å². The van der Waals surface area contributed by atoms with Crippen LogP contribution in [0.2, 0.25) is 0 Å². The van der Waals surface area contributed by atoms with E-state index in [0.29, 0.717) is 17.1 Å². The van der Waals surface area contributed by atoms with Gasteiger partial charge in [-0.15, -0.1) is 0 Å². The maximum Gasteiger partial charge on any atom is 0.418 e. The summed E-state index contributed by atoms with van der Waals surface area (Å²) in [4.78, 5) is 16.7. The first-order chi connectivity index (χ1) is 12.2. The number of oxazole rings is 1.